The van der Waals surface area contributed by atoms with E-state index in [9.17, 15) is 13.2 Å². The van der Waals surface area contributed by atoms with Crippen molar-refractivity contribution in [2.45, 2.75) is 58.1 Å². The van der Waals surface area contributed by atoms with Crippen molar-refractivity contribution >= 4 is 39.2 Å². The molecule has 3 aliphatic rings. The van der Waals surface area contributed by atoms with Crippen LogP contribution in [0.25, 0.3) is 10.2 Å². The van der Waals surface area contributed by atoms with Gasteiger partial charge in [0.15, 0.2) is 11.7 Å². The van der Waals surface area contributed by atoms with Crippen LogP contribution in [0.1, 0.15) is 36.8 Å². The Morgan fingerprint density at radius 1 is 1.15 bits per heavy atom. The summed E-state index contributed by atoms with van der Waals surface area (Å²) in [7, 11) is 0. The number of hydrogen-bond acceptors (Lipinski definition) is 9. The van der Waals surface area contributed by atoms with E-state index in [4.69, 9.17) is 14.7 Å². The third kappa shape index (κ3) is 3.56. The fourth-order valence-corrected chi connectivity index (χ4v) is 6.01. The highest BCUT2D eigenvalue weighted by molar-refractivity contribution is 7.18. The highest BCUT2D eigenvalue weighted by Crippen LogP contribution is 2.37. The predicted molar refractivity (Wildman–Crippen MR) is 121 cm³/mol. The summed E-state index contributed by atoms with van der Waals surface area (Å²) in [6, 6.07) is 2.18. The second-order valence-corrected chi connectivity index (χ2v) is 9.93. The summed E-state index contributed by atoms with van der Waals surface area (Å²) in [5.41, 5.74) is 0. The van der Waals surface area contributed by atoms with Gasteiger partial charge >= 0.3 is 6.18 Å². The quantitative estimate of drug-likeness (QED) is 0.553. The number of aromatic nitrogens is 5. The number of ether oxygens (including phenoxy) is 1. The van der Waals surface area contributed by atoms with Gasteiger partial charge in [-0.05, 0) is 12.5 Å². The van der Waals surface area contributed by atoms with E-state index in [0.29, 0.717) is 31.5 Å². The van der Waals surface area contributed by atoms with Crippen LogP contribution in [0.5, 0.6) is 0 Å². The Bertz CT molecular complexity index is 1290. The summed E-state index contributed by atoms with van der Waals surface area (Å²) in [6.07, 6.45) is -2.58. The van der Waals surface area contributed by atoms with Crippen molar-refractivity contribution in [3.63, 3.8) is 0 Å². The Morgan fingerprint density at radius 3 is 2.76 bits per heavy atom. The minimum atomic E-state index is -4.53. The summed E-state index contributed by atoms with van der Waals surface area (Å²) in [5.74, 6) is 1.37. The van der Waals surface area contributed by atoms with E-state index in [1.54, 1.807) is 11.3 Å². The van der Waals surface area contributed by atoms with E-state index in [2.05, 4.69) is 33.1 Å². The third-order valence-electron chi connectivity index (χ3n) is 6.40. The molecule has 0 bridgehead atoms. The maximum atomic E-state index is 13.3. The van der Waals surface area contributed by atoms with Crippen molar-refractivity contribution in [3.05, 3.63) is 22.6 Å². The van der Waals surface area contributed by atoms with Gasteiger partial charge in [0.1, 0.15) is 22.8 Å². The first-order chi connectivity index (χ1) is 16.3. The summed E-state index contributed by atoms with van der Waals surface area (Å²) in [5, 5.41) is 8.15. The molecule has 3 aromatic heterocycles. The highest BCUT2D eigenvalue weighted by atomic mass is 32.1. The van der Waals surface area contributed by atoms with Crippen molar-refractivity contribution in [2.24, 2.45) is 4.99 Å². The van der Waals surface area contributed by atoms with Gasteiger partial charge in [-0.3, -0.25) is 0 Å². The molecule has 0 N–H and O–H groups in total. The Morgan fingerprint density at radius 2 is 2.00 bits per heavy atom. The number of anilines is 2. The number of fused-ring (bicyclic) bond motifs is 3. The number of halogens is 3. The molecule has 3 aliphatic heterocycles. The van der Waals surface area contributed by atoms with Crippen LogP contribution >= 0.6 is 11.3 Å². The van der Waals surface area contributed by atoms with Crippen LogP contribution in [-0.4, -0.2) is 62.4 Å². The molecule has 0 aliphatic carbocycles. The Balaban J connectivity index is 1.37. The van der Waals surface area contributed by atoms with Crippen LogP contribution in [0.3, 0.4) is 0 Å². The lowest BCUT2D eigenvalue weighted by Crippen LogP contribution is -2.36. The molecular weight excluding hydrogens is 469 g/mol. The standard InChI is InChI=1S/C21H23F3N8OS/c1-3-4-12-7-13-17(30-5-6-32-16(10-30)28-29-19(32)21(22,23)24)26-20(27-18(13)34-12)31-8-14-15(9-31)33-11(2)25-14/h7,14-15H,3-6,8-10H2,1-2H3. The summed E-state index contributed by atoms with van der Waals surface area (Å²) in [4.78, 5) is 20.5. The zero-order chi connectivity index (χ0) is 23.6. The lowest BCUT2D eigenvalue weighted by atomic mass is 10.2. The average Bonchev–Trinajstić information content (AvgIpc) is 3.53. The number of alkyl halides is 3. The second kappa shape index (κ2) is 7.79. The Kier molecular flexibility index (Phi) is 4.94. The number of rotatable bonds is 4. The van der Waals surface area contributed by atoms with E-state index in [1.807, 2.05) is 11.8 Å². The van der Waals surface area contributed by atoms with Crippen LogP contribution in [0.15, 0.2) is 11.1 Å². The largest absolute Gasteiger partial charge is 0.474 e. The van der Waals surface area contributed by atoms with Gasteiger partial charge in [0.2, 0.25) is 11.8 Å². The average molecular weight is 493 g/mol. The van der Waals surface area contributed by atoms with Gasteiger partial charge in [0.25, 0.3) is 0 Å². The molecule has 6 rings (SSSR count). The SMILES string of the molecule is CCCc1cc2c(N3CCn4c(nnc4C(F)(F)F)C3)nc(N3CC4N=C(C)OC4C3)nc2s1. The number of hydrogen-bond donors (Lipinski definition) is 0. The van der Waals surface area contributed by atoms with Crippen LogP contribution in [-0.2, 0) is 30.4 Å². The molecular formula is C21H23F3N8OS. The monoisotopic (exact) mass is 492 g/mol. The topological polar surface area (TPSA) is 84.6 Å². The molecule has 1 saturated heterocycles. The smallest absolute Gasteiger partial charge is 0.451 e. The Hall–Kier alpha value is -2.96. The van der Waals surface area contributed by atoms with Crippen molar-refractivity contribution in [2.75, 3.05) is 29.4 Å². The van der Waals surface area contributed by atoms with Crippen LogP contribution in [0.2, 0.25) is 0 Å². The lowest BCUT2D eigenvalue weighted by molar-refractivity contribution is -0.147. The summed E-state index contributed by atoms with van der Waals surface area (Å²) in [6.45, 7) is 6.02. The maximum Gasteiger partial charge on any atom is 0.451 e. The number of aryl methyl sites for hydroxylation is 1. The zero-order valence-corrected chi connectivity index (χ0v) is 19.5. The molecule has 34 heavy (non-hydrogen) atoms. The number of aliphatic imine (C=N–C) groups is 1. The molecule has 180 valence electrons. The van der Waals surface area contributed by atoms with Crippen LogP contribution < -0.4 is 9.80 Å². The predicted octanol–water partition coefficient (Wildman–Crippen LogP) is 3.28. The van der Waals surface area contributed by atoms with Crippen molar-refractivity contribution in [3.8, 4) is 0 Å². The van der Waals surface area contributed by atoms with E-state index >= 15 is 0 Å². The molecule has 0 spiro atoms. The first-order valence-electron chi connectivity index (χ1n) is 11.3. The van der Waals surface area contributed by atoms with E-state index in [0.717, 1.165) is 33.4 Å². The van der Waals surface area contributed by atoms with E-state index in [1.165, 1.54) is 4.88 Å². The molecule has 0 aromatic carbocycles. The van der Waals surface area contributed by atoms with Crippen LogP contribution in [0, 0.1) is 0 Å². The van der Waals surface area contributed by atoms with E-state index in [-0.39, 0.29) is 31.1 Å². The van der Waals surface area contributed by atoms with Crippen LogP contribution in [0.4, 0.5) is 24.9 Å². The fraction of sp³-hybridized carbons (Fsp3) is 0.571. The van der Waals surface area contributed by atoms with Gasteiger partial charge in [-0.25, -0.2) is 9.98 Å². The highest BCUT2D eigenvalue weighted by Gasteiger charge is 2.41. The minimum Gasteiger partial charge on any atom is -0.474 e. The van der Waals surface area contributed by atoms with Crippen molar-refractivity contribution < 1.29 is 17.9 Å². The van der Waals surface area contributed by atoms with Crippen molar-refractivity contribution in [1.29, 1.82) is 0 Å². The molecule has 3 aromatic rings. The number of nitrogens with zero attached hydrogens (tertiary/aromatic N) is 8. The fourth-order valence-electron chi connectivity index (χ4n) is 4.89. The summed E-state index contributed by atoms with van der Waals surface area (Å²) < 4.78 is 46.8. The summed E-state index contributed by atoms with van der Waals surface area (Å²) >= 11 is 1.64. The first kappa shape index (κ1) is 21.6. The molecule has 6 heterocycles. The third-order valence-corrected chi connectivity index (χ3v) is 7.49. The minimum absolute atomic E-state index is 0.00365. The van der Waals surface area contributed by atoms with Gasteiger partial charge in [-0.2, -0.15) is 18.2 Å². The van der Waals surface area contributed by atoms with Gasteiger partial charge in [-0.15, -0.1) is 21.5 Å². The molecule has 1 fully saturated rings. The molecule has 0 saturated carbocycles. The van der Waals surface area contributed by atoms with Gasteiger partial charge < -0.3 is 19.1 Å². The first-order valence-corrected chi connectivity index (χ1v) is 12.1. The molecule has 2 unspecified atom stereocenters. The van der Waals surface area contributed by atoms with Gasteiger partial charge in [0.05, 0.1) is 18.5 Å². The molecule has 0 amide bonds. The van der Waals surface area contributed by atoms with Gasteiger partial charge in [0, 0.05) is 31.4 Å². The Labute approximate surface area is 197 Å². The molecule has 0 radical (unpaired) electrons. The number of thiophene rings is 1. The van der Waals surface area contributed by atoms with E-state index < -0.39 is 12.0 Å². The second-order valence-electron chi connectivity index (χ2n) is 8.82. The molecule has 13 heteroatoms. The molecule has 2 atom stereocenters. The van der Waals surface area contributed by atoms with Gasteiger partial charge in [-0.1, -0.05) is 13.3 Å². The van der Waals surface area contributed by atoms with Crippen molar-refractivity contribution in [1.82, 2.24) is 24.7 Å². The maximum absolute atomic E-state index is 13.3. The lowest BCUT2D eigenvalue weighted by Gasteiger charge is -2.30. The molecule has 9 nitrogen and oxygen atoms in total. The normalized spacial score (nSPS) is 22.2. The zero-order valence-electron chi connectivity index (χ0n) is 18.7.